The average molecular weight is 659 g/mol. The fraction of sp³-hybridized carbons (Fsp3) is 0.152. The molecule has 0 atom stereocenters. The SMILES string of the molecule is COC(=O)c1cccc(NC(=O)c2cccc(NC(=O)c3cccc(NC(=O)c4cccc([N+](=O)[O-])c4OC)c3OC)c2OC)c1OC. The number of amides is 3. The van der Waals surface area contributed by atoms with Crippen LogP contribution in [0.2, 0.25) is 0 Å². The number of carbonyl (C=O) groups is 4. The zero-order valence-corrected chi connectivity index (χ0v) is 26.4. The van der Waals surface area contributed by atoms with E-state index in [1.54, 1.807) is 6.07 Å². The number of para-hydroxylation sites is 4. The highest BCUT2D eigenvalue weighted by Crippen LogP contribution is 2.36. The van der Waals surface area contributed by atoms with E-state index in [9.17, 15) is 29.3 Å². The molecule has 15 heteroatoms. The van der Waals surface area contributed by atoms with Crippen molar-refractivity contribution in [2.45, 2.75) is 0 Å². The first-order valence-corrected chi connectivity index (χ1v) is 13.9. The number of esters is 1. The molecule has 4 aromatic rings. The van der Waals surface area contributed by atoms with Crippen molar-refractivity contribution in [1.29, 1.82) is 0 Å². The van der Waals surface area contributed by atoms with Gasteiger partial charge >= 0.3 is 11.7 Å². The second kappa shape index (κ2) is 15.1. The first kappa shape index (κ1) is 34.2. The van der Waals surface area contributed by atoms with Crippen LogP contribution < -0.4 is 34.9 Å². The molecule has 248 valence electrons. The van der Waals surface area contributed by atoms with Gasteiger partial charge in [0.15, 0.2) is 17.2 Å². The molecule has 15 nitrogen and oxygen atoms in total. The van der Waals surface area contributed by atoms with Crippen molar-refractivity contribution in [3.8, 4) is 23.0 Å². The number of nitrogens with zero attached hydrogens (tertiary/aromatic N) is 1. The Morgan fingerprint density at radius 2 is 0.854 bits per heavy atom. The molecule has 0 aromatic heterocycles. The molecule has 0 aliphatic heterocycles. The number of anilines is 3. The summed E-state index contributed by atoms with van der Waals surface area (Å²) in [7, 11) is 6.38. The predicted molar refractivity (Wildman–Crippen MR) is 174 cm³/mol. The van der Waals surface area contributed by atoms with Crippen molar-refractivity contribution >= 4 is 46.4 Å². The second-order valence-corrected chi connectivity index (χ2v) is 9.63. The van der Waals surface area contributed by atoms with E-state index in [1.807, 2.05) is 0 Å². The topological polar surface area (TPSA) is 194 Å². The summed E-state index contributed by atoms with van der Waals surface area (Å²) in [5.74, 6) is -2.87. The number of hydrogen-bond acceptors (Lipinski definition) is 11. The molecule has 0 bridgehead atoms. The summed E-state index contributed by atoms with van der Waals surface area (Å²) >= 11 is 0. The van der Waals surface area contributed by atoms with E-state index in [2.05, 4.69) is 16.0 Å². The fourth-order valence-electron chi connectivity index (χ4n) is 4.83. The predicted octanol–water partition coefficient (Wildman–Crippen LogP) is 5.17. The quantitative estimate of drug-likeness (QED) is 0.103. The normalized spacial score (nSPS) is 10.3. The van der Waals surface area contributed by atoms with Gasteiger partial charge in [0.05, 0.1) is 74.2 Å². The fourth-order valence-corrected chi connectivity index (χ4v) is 4.83. The summed E-state index contributed by atoms with van der Waals surface area (Å²) in [5, 5.41) is 19.4. The van der Waals surface area contributed by atoms with Crippen molar-refractivity contribution in [3.63, 3.8) is 0 Å². The third-order valence-corrected chi connectivity index (χ3v) is 6.94. The van der Waals surface area contributed by atoms with Gasteiger partial charge in [-0.15, -0.1) is 0 Å². The zero-order valence-electron chi connectivity index (χ0n) is 26.4. The van der Waals surface area contributed by atoms with E-state index in [-0.39, 0.29) is 62.3 Å². The molecule has 0 radical (unpaired) electrons. The molecule has 0 spiro atoms. The van der Waals surface area contributed by atoms with Crippen LogP contribution in [-0.4, -0.2) is 64.2 Å². The van der Waals surface area contributed by atoms with E-state index in [0.717, 1.165) is 0 Å². The van der Waals surface area contributed by atoms with Gasteiger partial charge in [0.2, 0.25) is 5.75 Å². The number of benzene rings is 4. The Morgan fingerprint density at radius 1 is 0.521 bits per heavy atom. The van der Waals surface area contributed by atoms with Crippen LogP contribution in [0.4, 0.5) is 22.7 Å². The number of ether oxygens (including phenoxy) is 5. The summed E-state index contributed by atoms with van der Waals surface area (Å²) in [6, 6.07) is 17.4. The minimum atomic E-state index is -0.749. The first-order valence-electron chi connectivity index (χ1n) is 13.9. The third kappa shape index (κ3) is 6.94. The number of nitro benzene ring substituents is 1. The lowest BCUT2D eigenvalue weighted by Crippen LogP contribution is -2.19. The lowest BCUT2D eigenvalue weighted by molar-refractivity contribution is -0.385. The Hall–Kier alpha value is -6.64. The standard InChI is InChI=1S/C33H30N4O11/c1-44-26-19(31(39)36-24-16-8-13-21(28(24)46-3)33(41)48-5)11-6-14-22(26)34-30(38)18-10-7-15-23(27(18)45-2)35-32(40)20-12-9-17-25(37(42)43)29(20)47-4/h6-17H,1-5H3,(H,34,38)(H,35,40)(H,36,39). The van der Waals surface area contributed by atoms with E-state index >= 15 is 0 Å². The average Bonchev–Trinajstić information content (AvgIpc) is 3.10. The minimum Gasteiger partial charge on any atom is -0.494 e. The van der Waals surface area contributed by atoms with Gasteiger partial charge in [0.25, 0.3) is 17.7 Å². The maximum atomic E-state index is 13.6. The highest BCUT2D eigenvalue weighted by atomic mass is 16.6. The Kier molecular flexibility index (Phi) is 10.8. The monoisotopic (exact) mass is 658 g/mol. The van der Waals surface area contributed by atoms with Crippen molar-refractivity contribution in [3.05, 3.63) is 105 Å². The zero-order chi connectivity index (χ0) is 35.0. The Bertz CT molecular complexity index is 1910. The number of methoxy groups -OCH3 is 5. The molecule has 0 saturated heterocycles. The van der Waals surface area contributed by atoms with Crippen LogP contribution in [0.25, 0.3) is 0 Å². The van der Waals surface area contributed by atoms with Crippen molar-refractivity contribution in [1.82, 2.24) is 0 Å². The number of hydrogen-bond donors (Lipinski definition) is 3. The molecule has 0 heterocycles. The van der Waals surface area contributed by atoms with Gasteiger partial charge < -0.3 is 39.6 Å². The lowest BCUT2D eigenvalue weighted by Gasteiger charge is -2.17. The molecule has 0 saturated carbocycles. The van der Waals surface area contributed by atoms with E-state index in [0.29, 0.717) is 0 Å². The van der Waals surface area contributed by atoms with Gasteiger partial charge in [0.1, 0.15) is 5.56 Å². The van der Waals surface area contributed by atoms with Crippen molar-refractivity contribution in [2.24, 2.45) is 0 Å². The van der Waals surface area contributed by atoms with Crippen LogP contribution in [0.3, 0.4) is 0 Å². The van der Waals surface area contributed by atoms with Crippen molar-refractivity contribution in [2.75, 3.05) is 51.5 Å². The maximum absolute atomic E-state index is 13.6. The van der Waals surface area contributed by atoms with E-state index < -0.39 is 34.3 Å². The molecule has 0 aliphatic carbocycles. The van der Waals surface area contributed by atoms with Crippen LogP contribution in [0.15, 0.2) is 72.8 Å². The van der Waals surface area contributed by atoms with E-state index in [4.69, 9.17) is 23.7 Å². The largest absolute Gasteiger partial charge is 0.494 e. The molecule has 0 fully saturated rings. The van der Waals surface area contributed by atoms with Gasteiger partial charge in [0, 0.05) is 6.07 Å². The number of nitro groups is 1. The molecule has 48 heavy (non-hydrogen) atoms. The lowest BCUT2D eigenvalue weighted by atomic mass is 10.1. The van der Waals surface area contributed by atoms with Crippen LogP contribution in [-0.2, 0) is 4.74 Å². The summed E-state index contributed by atoms with van der Waals surface area (Å²) < 4.78 is 26.3. The van der Waals surface area contributed by atoms with Crippen LogP contribution in [0.5, 0.6) is 23.0 Å². The Balaban J connectivity index is 1.62. The molecule has 4 aromatic carbocycles. The van der Waals surface area contributed by atoms with Gasteiger partial charge in [-0.1, -0.05) is 24.3 Å². The molecule has 3 N–H and O–H groups in total. The third-order valence-electron chi connectivity index (χ3n) is 6.94. The smallest absolute Gasteiger partial charge is 0.341 e. The first-order chi connectivity index (χ1) is 23.1. The minimum absolute atomic E-state index is 0.00239. The Labute approximate surface area is 273 Å². The number of nitrogens with one attached hydrogen (secondary N) is 3. The van der Waals surface area contributed by atoms with Crippen LogP contribution >= 0.6 is 0 Å². The van der Waals surface area contributed by atoms with Gasteiger partial charge in [-0.3, -0.25) is 24.5 Å². The molecular formula is C33H30N4O11. The van der Waals surface area contributed by atoms with Gasteiger partial charge in [-0.25, -0.2) is 4.79 Å². The van der Waals surface area contributed by atoms with E-state index in [1.165, 1.54) is 102 Å². The van der Waals surface area contributed by atoms with Crippen molar-refractivity contribution < 1.29 is 47.8 Å². The summed E-state index contributed by atoms with van der Waals surface area (Å²) in [5.41, 5.74) is 0.0371. The highest BCUT2D eigenvalue weighted by molar-refractivity contribution is 6.13. The van der Waals surface area contributed by atoms with Gasteiger partial charge in [-0.05, 0) is 42.5 Å². The maximum Gasteiger partial charge on any atom is 0.341 e. The summed E-state index contributed by atoms with van der Waals surface area (Å²) in [4.78, 5) is 63.1. The number of rotatable bonds is 12. The van der Waals surface area contributed by atoms with Crippen LogP contribution in [0, 0.1) is 10.1 Å². The molecule has 4 rings (SSSR count). The second-order valence-electron chi connectivity index (χ2n) is 9.63. The molecule has 0 aliphatic rings. The summed E-state index contributed by atoms with van der Waals surface area (Å²) in [6.45, 7) is 0. The Morgan fingerprint density at radius 3 is 1.21 bits per heavy atom. The highest BCUT2D eigenvalue weighted by Gasteiger charge is 2.26. The van der Waals surface area contributed by atoms with Crippen LogP contribution in [0.1, 0.15) is 41.4 Å². The number of carbonyl (C=O) groups excluding carboxylic acids is 4. The van der Waals surface area contributed by atoms with Gasteiger partial charge in [-0.2, -0.15) is 0 Å². The molecular weight excluding hydrogens is 628 g/mol. The molecule has 0 unspecified atom stereocenters. The molecule has 3 amide bonds. The summed E-state index contributed by atoms with van der Waals surface area (Å²) in [6.07, 6.45) is 0.